The molecule has 0 atom stereocenters. The summed E-state index contributed by atoms with van der Waals surface area (Å²) in [5.74, 6) is -0.396. The molecule has 2 aromatic rings. The molecular weight excluding hydrogens is 292 g/mol. The first-order valence-electron chi connectivity index (χ1n) is 6.77. The number of aromatic hydroxyl groups is 1. The summed E-state index contributed by atoms with van der Waals surface area (Å²) in [6.07, 6.45) is 0. The van der Waals surface area contributed by atoms with Crippen molar-refractivity contribution in [1.29, 1.82) is 0 Å². The second-order valence-electron chi connectivity index (χ2n) is 5.26. The van der Waals surface area contributed by atoms with Crippen molar-refractivity contribution < 1.29 is 5.11 Å². The van der Waals surface area contributed by atoms with Crippen LogP contribution in [0.1, 0.15) is 5.56 Å². The van der Waals surface area contributed by atoms with Gasteiger partial charge >= 0.3 is 0 Å². The average Bonchev–Trinajstić information content (AvgIpc) is 2.50. The van der Waals surface area contributed by atoms with E-state index in [1.165, 1.54) is 0 Å². The van der Waals surface area contributed by atoms with Crippen LogP contribution < -0.4 is 20.7 Å². The summed E-state index contributed by atoms with van der Waals surface area (Å²) >= 11 is 6.04. The SMILES string of the molecule is Cc1ccc(Cl)cc1N1CCN(c2c(O)c(=O)c2=O)CC1. The quantitative estimate of drug-likeness (QED) is 0.847. The predicted molar refractivity (Wildman–Crippen MR) is 83.6 cm³/mol. The molecular formula is C15H15ClN2O3. The summed E-state index contributed by atoms with van der Waals surface area (Å²) in [4.78, 5) is 26.5. The van der Waals surface area contributed by atoms with Crippen molar-refractivity contribution in [2.75, 3.05) is 36.0 Å². The van der Waals surface area contributed by atoms with E-state index >= 15 is 0 Å². The molecule has 0 unspecified atom stereocenters. The molecule has 0 bridgehead atoms. The van der Waals surface area contributed by atoms with Gasteiger partial charge in [0, 0.05) is 36.9 Å². The van der Waals surface area contributed by atoms with E-state index in [2.05, 4.69) is 4.90 Å². The Morgan fingerprint density at radius 2 is 1.67 bits per heavy atom. The summed E-state index contributed by atoms with van der Waals surface area (Å²) < 4.78 is 0. The third-order valence-electron chi connectivity index (χ3n) is 3.97. The second-order valence-corrected chi connectivity index (χ2v) is 5.70. The monoisotopic (exact) mass is 306 g/mol. The van der Waals surface area contributed by atoms with Gasteiger partial charge in [-0.05, 0) is 24.6 Å². The molecule has 6 heteroatoms. The highest BCUT2D eigenvalue weighted by molar-refractivity contribution is 6.30. The third kappa shape index (κ3) is 2.27. The van der Waals surface area contributed by atoms with Crippen LogP contribution in [0.4, 0.5) is 11.4 Å². The molecule has 21 heavy (non-hydrogen) atoms. The molecule has 1 N–H and O–H groups in total. The number of halogens is 1. The summed E-state index contributed by atoms with van der Waals surface area (Å²) in [6, 6.07) is 5.77. The fraction of sp³-hybridized carbons (Fsp3) is 0.333. The van der Waals surface area contributed by atoms with Gasteiger partial charge in [0.25, 0.3) is 10.9 Å². The molecule has 0 amide bonds. The smallest absolute Gasteiger partial charge is 0.271 e. The first-order chi connectivity index (χ1) is 9.99. The van der Waals surface area contributed by atoms with Gasteiger partial charge in [-0.3, -0.25) is 9.59 Å². The Morgan fingerprint density at radius 1 is 1.05 bits per heavy atom. The standard InChI is InChI=1S/C15H15ClN2O3/c1-9-2-3-10(16)8-11(9)17-4-6-18(7-5-17)12-13(19)15(21)14(12)20/h2-3,8,19H,4-7H2,1H3. The molecule has 3 rings (SSSR count). The first-order valence-corrected chi connectivity index (χ1v) is 7.15. The molecule has 0 spiro atoms. The number of rotatable bonds is 2. The Kier molecular flexibility index (Phi) is 3.37. The molecule has 0 radical (unpaired) electrons. The van der Waals surface area contributed by atoms with Crippen molar-refractivity contribution in [1.82, 2.24) is 0 Å². The van der Waals surface area contributed by atoms with Crippen molar-refractivity contribution in [3.63, 3.8) is 0 Å². The van der Waals surface area contributed by atoms with E-state index < -0.39 is 16.6 Å². The van der Waals surface area contributed by atoms with Crippen LogP contribution in [0.2, 0.25) is 5.02 Å². The van der Waals surface area contributed by atoms with E-state index in [9.17, 15) is 14.7 Å². The zero-order valence-corrected chi connectivity index (χ0v) is 12.4. The number of hydrogen-bond donors (Lipinski definition) is 1. The largest absolute Gasteiger partial charge is 0.502 e. The summed E-state index contributed by atoms with van der Waals surface area (Å²) in [6.45, 7) is 4.62. The Labute approximate surface area is 126 Å². The summed E-state index contributed by atoms with van der Waals surface area (Å²) in [5.41, 5.74) is 1.03. The molecule has 1 aliphatic rings. The number of anilines is 2. The van der Waals surface area contributed by atoms with Gasteiger partial charge in [0.05, 0.1) is 0 Å². The molecule has 1 heterocycles. The number of benzene rings is 1. The molecule has 110 valence electrons. The lowest BCUT2D eigenvalue weighted by atomic mass is 10.1. The van der Waals surface area contributed by atoms with Gasteiger partial charge in [0.15, 0.2) is 5.75 Å². The van der Waals surface area contributed by atoms with E-state index in [1.807, 2.05) is 25.1 Å². The summed E-state index contributed by atoms with van der Waals surface area (Å²) in [7, 11) is 0. The zero-order chi connectivity index (χ0) is 15.1. The number of aryl methyl sites for hydroxylation is 1. The molecule has 0 saturated carbocycles. The van der Waals surface area contributed by atoms with Gasteiger partial charge in [0.1, 0.15) is 5.69 Å². The van der Waals surface area contributed by atoms with Crippen LogP contribution >= 0.6 is 11.6 Å². The van der Waals surface area contributed by atoms with Crippen LogP contribution in [0.25, 0.3) is 0 Å². The fourth-order valence-electron chi connectivity index (χ4n) is 2.76. The van der Waals surface area contributed by atoms with Crippen LogP contribution in [-0.2, 0) is 0 Å². The maximum atomic E-state index is 11.5. The number of hydrogen-bond acceptors (Lipinski definition) is 5. The minimum atomic E-state index is -0.780. The van der Waals surface area contributed by atoms with E-state index in [0.29, 0.717) is 31.2 Å². The minimum Gasteiger partial charge on any atom is -0.502 e. The van der Waals surface area contributed by atoms with Crippen molar-refractivity contribution in [3.05, 3.63) is 49.2 Å². The van der Waals surface area contributed by atoms with E-state index in [-0.39, 0.29) is 5.69 Å². The lowest BCUT2D eigenvalue weighted by Gasteiger charge is -2.38. The van der Waals surface area contributed by atoms with Gasteiger partial charge in [-0.15, -0.1) is 0 Å². The van der Waals surface area contributed by atoms with Crippen LogP contribution in [0.3, 0.4) is 0 Å². The molecule has 0 aliphatic carbocycles. The Bertz CT molecular complexity index is 757. The highest BCUT2D eigenvalue weighted by Crippen LogP contribution is 2.27. The van der Waals surface area contributed by atoms with Gasteiger partial charge < -0.3 is 14.9 Å². The maximum Gasteiger partial charge on any atom is 0.271 e. The topological polar surface area (TPSA) is 60.9 Å². The normalized spacial score (nSPS) is 15.7. The van der Waals surface area contributed by atoms with Crippen LogP contribution in [0, 0.1) is 6.92 Å². The lowest BCUT2D eigenvalue weighted by molar-refractivity contribution is 0.459. The van der Waals surface area contributed by atoms with Crippen molar-refractivity contribution in [2.45, 2.75) is 6.92 Å². The molecule has 0 aromatic heterocycles. The maximum absolute atomic E-state index is 11.5. The third-order valence-corrected chi connectivity index (χ3v) is 4.20. The Hall–Kier alpha value is -2.01. The highest BCUT2D eigenvalue weighted by Gasteiger charge is 2.28. The number of nitrogens with zero attached hydrogens (tertiary/aromatic N) is 2. The van der Waals surface area contributed by atoms with Crippen molar-refractivity contribution in [3.8, 4) is 5.75 Å². The van der Waals surface area contributed by atoms with Gasteiger partial charge in [-0.2, -0.15) is 0 Å². The molecule has 2 aromatic carbocycles. The van der Waals surface area contributed by atoms with Gasteiger partial charge in [-0.1, -0.05) is 17.7 Å². The van der Waals surface area contributed by atoms with Crippen LogP contribution in [-0.4, -0.2) is 31.3 Å². The Balaban J connectivity index is 1.75. The zero-order valence-electron chi connectivity index (χ0n) is 11.6. The van der Waals surface area contributed by atoms with Gasteiger partial charge in [-0.25, -0.2) is 0 Å². The van der Waals surface area contributed by atoms with E-state index in [4.69, 9.17) is 11.6 Å². The highest BCUT2D eigenvalue weighted by atomic mass is 35.5. The Morgan fingerprint density at radius 3 is 2.29 bits per heavy atom. The number of piperazine rings is 1. The van der Waals surface area contributed by atoms with Crippen LogP contribution in [0.15, 0.2) is 27.8 Å². The predicted octanol–water partition coefficient (Wildman–Crippen LogP) is 1.28. The van der Waals surface area contributed by atoms with Gasteiger partial charge in [0.2, 0.25) is 0 Å². The van der Waals surface area contributed by atoms with Crippen molar-refractivity contribution in [2.24, 2.45) is 0 Å². The lowest BCUT2D eigenvalue weighted by Crippen LogP contribution is -2.50. The molecule has 1 fully saturated rings. The molecule has 1 saturated heterocycles. The summed E-state index contributed by atoms with van der Waals surface area (Å²) in [5, 5.41) is 10.2. The molecule has 1 aliphatic heterocycles. The average molecular weight is 307 g/mol. The van der Waals surface area contributed by atoms with E-state index in [0.717, 1.165) is 11.3 Å². The molecule has 5 nitrogen and oxygen atoms in total. The second kappa shape index (κ2) is 5.07. The fourth-order valence-corrected chi connectivity index (χ4v) is 2.92. The van der Waals surface area contributed by atoms with Crippen molar-refractivity contribution >= 4 is 23.0 Å². The van der Waals surface area contributed by atoms with Crippen LogP contribution in [0.5, 0.6) is 5.75 Å². The first kappa shape index (κ1) is 13.9. The minimum absolute atomic E-state index is 0.169. The van der Waals surface area contributed by atoms with E-state index in [1.54, 1.807) is 4.90 Å².